The van der Waals surface area contributed by atoms with Gasteiger partial charge in [-0.25, -0.2) is 4.79 Å². The molecule has 0 radical (unpaired) electrons. The van der Waals surface area contributed by atoms with Crippen molar-refractivity contribution < 1.29 is 23.9 Å². The molecule has 1 saturated heterocycles. The minimum absolute atomic E-state index is 0.0710. The Morgan fingerprint density at radius 1 is 1.29 bits per heavy atom. The molecule has 1 N–H and O–H groups in total. The van der Waals surface area contributed by atoms with Crippen molar-refractivity contribution in [2.45, 2.75) is 39.3 Å². The van der Waals surface area contributed by atoms with Crippen molar-refractivity contribution in [3.05, 3.63) is 35.9 Å². The van der Waals surface area contributed by atoms with Crippen molar-refractivity contribution in [3.63, 3.8) is 0 Å². The van der Waals surface area contributed by atoms with Gasteiger partial charge in [0.05, 0.1) is 18.6 Å². The van der Waals surface area contributed by atoms with Gasteiger partial charge in [0.1, 0.15) is 6.61 Å². The number of rotatable bonds is 4. The van der Waals surface area contributed by atoms with Gasteiger partial charge in [-0.2, -0.15) is 0 Å². The summed E-state index contributed by atoms with van der Waals surface area (Å²) in [7, 11) is 0. The largest absolute Gasteiger partial charge is 0.498 e. The average Bonchev–Trinajstić information content (AvgIpc) is 2.97. The van der Waals surface area contributed by atoms with E-state index in [0.29, 0.717) is 19.6 Å². The Labute approximate surface area is 143 Å². The minimum Gasteiger partial charge on any atom is -0.498 e. The lowest BCUT2D eigenvalue weighted by atomic mass is 10.0. The third kappa shape index (κ3) is 4.06. The van der Waals surface area contributed by atoms with Gasteiger partial charge < -0.3 is 20.0 Å². The number of hydrogen-bond acceptors (Lipinski definition) is 4. The molecule has 2 rings (SSSR count). The van der Waals surface area contributed by atoms with E-state index < -0.39 is 17.7 Å². The van der Waals surface area contributed by atoms with Crippen LogP contribution in [0.1, 0.15) is 32.8 Å². The van der Waals surface area contributed by atoms with Gasteiger partial charge in [-0.05, 0) is 26.3 Å². The molecule has 24 heavy (non-hydrogen) atoms. The SMILES string of the molecule is CC(C)(C)[N+]1(C(=O)[O-])CC[C@@H](CNC(=O)OCc2ccccc2)C1. The predicted molar refractivity (Wildman–Crippen MR) is 87.9 cm³/mol. The fourth-order valence-corrected chi connectivity index (χ4v) is 3.24. The molecule has 1 aromatic rings. The van der Waals surface area contributed by atoms with E-state index in [0.717, 1.165) is 12.0 Å². The molecule has 2 atom stereocenters. The van der Waals surface area contributed by atoms with Crippen LogP contribution in [0.5, 0.6) is 0 Å². The number of quaternary nitrogens is 1. The maximum atomic E-state index is 11.8. The number of amides is 2. The monoisotopic (exact) mass is 334 g/mol. The third-order valence-corrected chi connectivity index (χ3v) is 4.87. The molecular formula is C18H26N2O4. The number of carbonyl (C=O) groups excluding carboxylic acids is 2. The van der Waals surface area contributed by atoms with E-state index in [2.05, 4.69) is 5.32 Å². The van der Waals surface area contributed by atoms with Crippen LogP contribution in [0.25, 0.3) is 0 Å². The van der Waals surface area contributed by atoms with Gasteiger partial charge in [-0.15, -0.1) is 0 Å². The Hall–Kier alpha value is -2.08. The van der Waals surface area contributed by atoms with Crippen LogP contribution in [0.4, 0.5) is 9.59 Å². The number of carbonyl (C=O) groups is 2. The lowest BCUT2D eigenvalue weighted by molar-refractivity contribution is -0.910. The zero-order chi connectivity index (χ0) is 17.8. The van der Waals surface area contributed by atoms with Crippen LogP contribution in [0.15, 0.2) is 30.3 Å². The predicted octanol–water partition coefficient (Wildman–Crippen LogP) is 1.89. The van der Waals surface area contributed by atoms with E-state index in [1.54, 1.807) is 0 Å². The quantitative estimate of drug-likeness (QED) is 0.853. The van der Waals surface area contributed by atoms with Gasteiger partial charge >= 0.3 is 6.09 Å². The Kier molecular flexibility index (Phi) is 5.49. The summed E-state index contributed by atoms with van der Waals surface area (Å²) < 4.78 is 5.10. The standard InChI is InChI=1S/C18H26N2O4/c1-18(2,3)20(17(22)23)10-9-15(12-20)11-19-16(21)24-13-14-7-5-4-6-8-14/h4-8,15H,9-13H2,1-3H3,(H-,19,21,22,23)/t15-,20?/m0/s1. The summed E-state index contributed by atoms with van der Waals surface area (Å²) in [4.78, 5) is 23.5. The van der Waals surface area contributed by atoms with Crippen LogP contribution < -0.4 is 10.4 Å². The highest BCUT2D eigenvalue weighted by atomic mass is 16.5. The fourth-order valence-electron chi connectivity index (χ4n) is 3.24. The molecule has 1 heterocycles. The van der Waals surface area contributed by atoms with Crippen molar-refractivity contribution in [2.24, 2.45) is 5.92 Å². The van der Waals surface area contributed by atoms with Crippen molar-refractivity contribution >= 4 is 12.2 Å². The Morgan fingerprint density at radius 2 is 1.96 bits per heavy atom. The van der Waals surface area contributed by atoms with Gasteiger partial charge in [-0.1, -0.05) is 30.3 Å². The van der Waals surface area contributed by atoms with E-state index in [4.69, 9.17) is 4.74 Å². The Balaban J connectivity index is 1.81. The summed E-state index contributed by atoms with van der Waals surface area (Å²) in [5, 5.41) is 14.4. The maximum Gasteiger partial charge on any atom is 0.407 e. The summed E-state index contributed by atoms with van der Waals surface area (Å²) >= 11 is 0. The van der Waals surface area contributed by atoms with E-state index in [-0.39, 0.29) is 17.0 Å². The lowest BCUT2D eigenvalue weighted by Crippen LogP contribution is -2.66. The van der Waals surface area contributed by atoms with Crippen molar-refractivity contribution in [3.8, 4) is 0 Å². The van der Waals surface area contributed by atoms with Crippen LogP contribution in [-0.4, -0.2) is 41.8 Å². The van der Waals surface area contributed by atoms with E-state index in [1.807, 2.05) is 51.1 Å². The molecule has 0 bridgehead atoms. The molecule has 1 aromatic carbocycles. The minimum atomic E-state index is -1.04. The Morgan fingerprint density at radius 3 is 2.50 bits per heavy atom. The summed E-state index contributed by atoms with van der Waals surface area (Å²) in [6.45, 7) is 7.35. The molecular weight excluding hydrogens is 308 g/mol. The second kappa shape index (κ2) is 7.21. The van der Waals surface area contributed by atoms with Crippen LogP contribution in [-0.2, 0) is 11.3 Å². The second-order valence-corrected chi connectivity index (χ2v) is 7.41. The number of carboxylic acid groups (broad SMARTS) is 1. The molecule has 1 aliphatic rings. The van der Waals surface area contributed by atoms with Gasteiger partial charge in [0.2, 0.25) is 0 Å². The molecule has 0 aliphatic carbocycles. The zero-order valence-electron chi connectivity index (χ0n) is 14.6. The number of likely N-dealkylation sites (tertiary alicyclic amines) is 1. The van der Waals surface area contributed by atoms with E-state index in [9.17, 15) is 14.7 Å². The molecule has 132 valence electrons. The first kappa shape index (κ1) is 18.3. The Bertz CT molecular complexity index is 582. The highest BCUT2D eigenvalue weighted by Gasteiger charge is 2.48. The molecule has 6 nitrogen and oxygen atoms in total. The van der Waals surface area contributed by atoms with Crippen LogP contribution >= 0.6 is 0 Å². The molecule has 1 aliphatic heterocycles. The zero-order valence-corrected chi connectivity index (χ0v) is 14.6. The first-order chi connectivity index (χ1) is 11.2. The van der Waals surface area contributed by atoms with E-state index in [1.165, 1.54) is 0 Å². The number of ether oxygens (including phenoxy) is 1. The number of benzene rings is 1. The third-order valence-electron chi connectivity index (χ3n) is 4.87. The normalized spacial score (nSPS) is 23.7. The van der Waals surface area contributed by atoms with E-state index >= 15 is 0 Å². The number of alkyl carbamates (subject to hydrolysis) is 1. The molecule has 0 aromatic heterocycles. The molecule has 1 fully saturated rings. The molecule has 1 unspecified atom stereocenters. The summed E-state index contributed by atoms with van der Waals surface area (Å²) in [6.07, 6.45) is -0.783. The van der Waals surface area contributed by atoms with Gasteiger partial charge in [-0.3, -0.25) is 4.48 Å². The fraction of sp³-hybridized carbons (Fsp3) is 0.556. The smallest absolute Gasteiger partial charge is 0.407 e. The topological polar surface area (TPSA) is 78.5 Å². The molecule has 2 amide bonds. The van der Waals surface area contributed by atoms with Crippen LogP contribution in [0.2, 0.25) is 0 Å². The first-order valence-electron chi connectivity index (χ1n) is 8.28. The van der Waals surface area contributed by atoms with Crippen LogP contribution in [0, 0.1) is 5.92 Å². The molecule has 0 saturated carbocycles. The lowest BCUT2D eigenvalue weighted by Gasteiger charge is -2.45. The van der Waals surface area contributed by atoms with Gasteiger partial charge in [0, 0.05) is 18.9 Å². The molecule has 6 heteroatoms. The number of nitrogens with one attached hydrogen (secondary N) is 1. The summed E-state index contributed by atoms with van der Waals surface area (Å²) in [6, 6.07) is 9.46. The summed E-state index contributed by atoms with van der Waals surface area (Å²) in [5.41, 5.74) is 0.496. The van der Waals surface area contributed by atoms with Gasteiger partial charge in [0.15, 0.2) is 0 Å². The summed E-state index contributed by atoms with van der Waals surface area (Å²) in [5.74, 6) is 0.103. The molecule has 0 spiro atoms. The van der Waals surface area contributed by atoms with Crippen LogP contribution in [0.3, 0.4) is 0 Å². The highest BCUT2D eigenvalue weighted by Crippen LogP contribution is 2.33. The van der Waals surface area contributed by atoms with Crippen molar-refractivity contribution in [2.75, 3.05) is 19.6 Å². The highest BCUT2D eigenvalue weighted by molar-refractivity contribution is 5.67. The van der Waals surface area contributed by atoms with Crippen molar-refractivity contribution in [1.29, 1.82) is 0 Å². The van der Waals surface area contributed by atoms with Gasteiger partial charge in [0.25, 0.3) is 6.09 Å². The number of hydrogen-bond donors (Lipinski definition) is 1. The second-order valence-electron chi connectivity index (χ2n) is 7.41. The van der Waals surface area contributed by atoms with Crippen molar-refractivity contribution in [1.82, 2.24) is 5.32 Å². The first-order valence-corrected chi connectivity index (χ1v) is 8.28. The number of nitrogens with zero attached hydrogens (tertiary/aromatic N) is 1. The maximum absolute atomic E-state index is 11.8. The average molecular weight is 334 g/mol.